The molecule has 0 amide bonds. The largest absolute Gasteiger partial charge is 0.481 e. The minimum Gasteiger partial charge on any atom is -0.481 e. The van der Waals surface area contributed by atoms with E-state index in [2.05, 4.69) is 0 Å². The number of hydrogen-bond acceptors (Lipinski definition) is 2. The zero-order valence-electron chi connectivity index (χ0n) is 8.93. The van der Waals surface area contributed by atoms with Gasteiger partial charge in [-0.05, 0) is 24.1 Å². The number of aliphatic carboxylic acids is 1. The highest BCUT2D eigenvalue weighted by Gasteiger charge is 2.00. The molecule has 0 aliphatic rings. The Balaban J connectivity index is 0.00000196. The third-order valence-electron chi connectivity index (χ3n) is 2.05. The summed E-state index contributed by atoms with van der Waals surface area (Å²) >= 11 is 0. The summed E-state index contributed by atoms with van der Waals surface area (Å²) in [6.07, 6.45) is 0.786. The third-order valence-corrected chi connectivity index (χ3v) is 2.05. The van der Waals surface area contributed by atoms with Gasteiger partial charge in [-0.1, -0.05) is 12.1 Å². The smallest absolute Gasteiger partial charge is 0.303 e. The third kappa shape index (κ3) is 4.70. The number of benzene rings is 1. The van der Waals surface area contributed by atoms with E-state index >= 15 is 0 Å². The Bertz CT molecular complexity index is 326. The number of rotatable bonds is 4. The Labute approximate surface area is 96.1 Å². The van der Waals surface area contributed by atoms with Crippen LogP contribution in [0, 0.1) is 0 Å². The predicted octanol–water partition coefficient (Wildman–Crippen LogP) is 2.19. The van der Waals surface area contributed by atoms with Crippen molar-refractivity contribution in [3.63, 3.8) is 0 Å². The van der Waals surface area contributed by atoms with Crippen molar-refractivity contribution in [3.8, 4) is 0 Å². The van der Waals surface area contributed by atoms with Crippen molar-refractivity contribution in [2.24, 2.45) is 0 Å². The molecular formula is C11H16ClNO2. The van der Waals surface area contributed by atoms with Crippen molar-refractivity contribution in [1.82, 2.24) is 0 Å². The highest BCUT2D eigenvalue weighted by atomic mass is 35.5. The van der Waals surface area contributed by atoms with E-state index in [9.17, 15) is 4.79 Å². The van der Waals surface area contributed by atoms with Gasteiger partial charge in [0.25, 0.3) is 0 Å². The average molecular weight is 230 g/mol. The lowest BCUT2D eigenvalue weighted by Crippen LogP contribution is -2.08. The summed E-state index contributed by atoms with van der Waals surface area (Å²) in [5.41, 5.74) is 2.17. The van der Waals surface area contributed by atoms with Gasteiger partial charge in [0.05, 0.1) is 0 Å². The van der Waals surface area contributed by atoms with Crippen LogP contribution in [0.5, 0.6) is 0 Å². The first-order valence-electron chi connectivity index (χ1n) is 4.57. The topological polar surface area (TPSA) is 40.5 Å². The van der Waals surface area contributed by atoms with Gasteiger partial charge in [-0.15, -0.1) is 12.4 Å². The van der Waals surface area contributed by atoms with E-state index in [-0.39, 0.29) is 18.8 Å². The van der Waals surface area contributed by atoms with Crippen LogP contribution in [0.1, 0.15) is 12.0 Å². The molecule has 0 spiro atoms. The second-order valence-electron chi connectivity index (χ2n) is 3.46. The first-order valence-corrected chi connectivity index (χ1v) is 4.57. The van der Waals surface area contributed by atoms with Gasteiger partial charge in [-0.3, -0.25) is 4.79 Å². The lowest BCUT2D eigenvalue weighted by Gasteiger charge is -2.13. The van der Waals surface area contributed by atoms with Crippen LogP contribution in [-0.4, -0.2) is 25.2 Å². The van der Waals surface area contributed by atoms with Crippen LogP contribution >= 0.6 is 12.4 Å². The fourth-order valence-corrected chi connectivity index (χ4v) is 1.24. The second kappa shape index (κ2) is 6.30. The summed E-state index contributed by atoms with van der Waals surface area (Å²) in [7, 11) is 3.94. The van der Waals surface area contributed by atoms with Crippen molar-refractivity contribution in [2.45, 2.75) is 12.8 Å². The predicted molar refractivity (Wildman–Crippen MR) is 64.0 cm³/mol. The Morgan fingerprint density at radius 2 is 2.07 bits per heavy atom. The summed E-state index contributed by atoms with van der Waals surface area (Å²) in [6.45, 7) is 0. The van der Waals surface area contributed by atoms with Crippen molar-refractivity contribution >= 4 is 24.1 Å². The van der Waals surface area contributed by atoms with E-state index in [0.29, 0.717) is 6.42 Å². The van der Waals surface area contributed by atoms with Crippen LogP contribution in [0.2, 0.25) is 0 Å². The molecule has 0 saturated carbocycles. The molecule has 0 saturated heterocycles. The molecule has 1 aromatic carbocycles. The number of carboxylic acids is 1. The summed E-state index contributed by atoms with van der Waals surface area (Å²) in [5.74, 6) is -0.750. The molecule has 0 bridgehead atoms. The maximum absolute atomic E-state index is 10.4. The van der Waals surface area contributed by atoms with Crippen LogP contribution in [0.25, 0.3) is 0 Å². The second-order valence-corrected chi connectivity index (χ2v) is 3.46. The van der Waals surface area contributed by atoms with E-state index in [4.69, 9.17) is 5.11 Å². The fourth-order valence-electron chi connectivity index (χ4n) is 1.24. The Hall–Kier alpha value is -1.22. The summed E-state index contributed by atoms with van der Waals surface area (Å²) in [6, 6.07) is 7.93. The van der Waals surface area contributed by atoms with Gasteiger partial charge >= 0.3 is 5.97 Å². The van der Waals surface area contributed by atoms with Crippen molar-refractivity contribution in [1.29, 1.82) is 0 Å². The number of carbonyl (C=O) groups is 1. The van der Waals surface area contributed by atoms with Crippen molar-refractivity contribution in [2.75, 3.05) is 19.0 Å². The highest BCUT2D eigenvalue weighted by molar-refractivity contribution is 5.85. The molecule has 0 heterocycles. The van der Waals surface area contributed by atoms with Crippen LogP contribution < -0.4 is 4.90 Å². The van der Waals surface area contributed by atoms with Crippen LogP contribution in [0.4, 0.5) is 5.69 Å². The zero-order valence-corrected chi connectivity index (χ0v) is 9.75. The first-order chi connectivity index (χ1) is 6.59. The SMILES string of the molecule is CN(C)c1cccc(CCC(=O)O)c1.Cl. The molecule has 0 aliphatic carbocycles. The lowest BCUT2D eigenvalue weighted by molar-refractivity contribution is -0.136. The van der Waals surface area contributed by atoms with Gasteiger partial charge in [0.15, 0.2) is 0 Å². The van der Waals surface area contributed by atoms with Crippen LogP contribution in [0.3, 0.4) is 0 Å². The molecule has 0 aliphatic heterocycles. The normalized spacial score (nSPS) is 9.20. The quantitative estimate of drug-likeness (QED) is 0.861. The Morgan fingerprint density at radius 1 is 1.40 bits per heavy atom. The standard InChI is InChI=1S/C11H15NO2.ClH/c1-12(2)10-5-3-4-9(8-10)6-7-11(13)14;/h3-5,8H,6-7H2,1-2H3,(H,13,14);1H. The van der Waals surface area contributed by atoms with Crippen LogP contribution in [0.15, 0.2) is 24.3 Å². The first kappa shape index (κ1) is 13.8. The zero-order chi connectivity index (χ0) is 10.6. The van der Waals surface area contributed by atoms with Crippen molar-refractivity contribution in [3.05, 3.63) is 29.8 Å². The number of carboxylic acid groups (broad SMARTS) is 1. The number of hydrogen-bond donors (Lipinski definition) is 1. The van der Waals surface area contributed by atoms with Gasteiger partial charge in [0, 0.05) is 26.2 Å². The molecule has 0 radical (unpaired) electrons. The number of nitrogens with zero attached hydrogens (tertiary/aromatic N) is 1. The highest BCUT2D eigenvalue weighted by Crippen LogP contribution is 2.14. The summed E-state index contributed by atoms with van der Waals surface area (Å²) < 4.78 is 0. The Kier molecular flexibility index (Phi) is 5.79. The number of anilines is 1. The molecule has 4 heteroatoms. The molecule has 84 valence electrons. The Morgan fingerprint density at radius 3 is 2.60 bits per heavy atom. The molecule has 1 N–H and O–H groups in total. The monoisotopic (exact) mass is 229 g/mol. The molecule has 0 atom stereocenters. The minimum atomic E-state index is -0.750. The van der Waals surface area contributed by atoms with E-state index in [1.165, 1.54) is 0 Å². The molecule has 0 aromatic heterocycles. The van der Waals surface area contributed by atoms with E-state index in [0.717, 1.165) is 11.3 Å². The molecular weight excluding hydrogens is 214 g/mol. The van der Waals surface area contributed by atoms with Crippen molar-refractivity contribution < 1.29 is 9.90 Å². The van der Waals surface area contributed by atoms with E-state index < -0.39 is 5.97 Å². The number of aryl methyl sites for hydroxylation is 1. The maximum Gasteiger partial charge on any atom is 0.303 e. The molecule has 3 nitrogen and oxygen atoms in total. The van der Waals surface area contributed by atoms with Gasteiger partial charge < -0.3 is 10.0 Å². The van der Waals surface area contributed by atoms with Gasteiger partial charge in [-0.25, -0.2) is 0 Å². The summed E-state index contributed by atoms with van der Waals surface area (Å²) in [5, 5.41) is 8.54. The van der Waals surface area contributed by atoms with E-state index in [1.807, 2.05) is 43.3 Å². The minimum absolute atomic E-state index is 0. The number of halogens is 1. The molecule has 15 heavy (non-hydrogen) atoms. The van der Waals surface area contributed by atoms with Gasteiger partial charge in [0.2, 0.25) is 0 Å². The maximum atomic E-state index is 10.4. The van der Waals surface area contributed by atoms with Gasteiger partial charge in [0.1, 0.15) is 0 Å². The molecule has 0 unspecified atom stereocenters. The molecule has 1 rings (SSSR count). The fraction of sp³-hybridized carbons (Fsp3) is 0.364. The van der Waals surface area contributed by atoms with Gasteiger partial charge in [-0.2, -0.15) is 0 Å². The molecule has 0 fully saturated rings. The summed E-state index contributed by atoms with van der Waals surface area (Å²) in [4.78, 5) is 12.4. The lowest BCUT2D eigenvalue weighted by atomic mass is 10.1. The average Bonchev–Trinajstić information content (AvgIpc) is 2.15. The molecule has 1 aromatic rings. The van der Waals surface area contributed by atoms with E-state index in [1.54, 1.807) is 0 Å². The van der Waals surface area contributed by atoms with Crippen LogP contribution in [-0.2, 0) is 11.2 Å².